The highest BCUT2D eigenvalue weighted by Gasteiger charge is 2.46. The lowest BCUT2D eigenvalue weighted by Gasteiger charge is -2.28. The van der Waals surface area contributed by atoms with Gasteiger partial charge in [0.25, 0.3) is 11.7 Å². The average molecular weight is 481 g/mol. The Morgan fingerprint density at radius 2 is 1.69 bits per heavy atom. The Labute approximate surface area is 207 Å². The van der Waals surface area contributed by atoms with Crippen LogP contribution in [0.4, 0.5) is 0 Å². The highest BCUT2D eigenvalue weighted by molar-refractivity contribution is 6.46. The summed E-state index contributed by atoms with van der Waals surface area (Å²) in [5.74, 6) is -0.0699. The maximum absolute atomic E-state index is 13.3. The van der Waals surface area contributed by atoms with E-state index in [2.05, 4.69) is 18.7 Å². The molecule has 1 atom stereocenters. The molecule has 1 unspecified atom stereocenters. The highest BCUT2D eigenvalue weighted by Crippen LogP contribution is 2.40. The molecular formula is C28H36N2O5. The molecule has 0 radical (unpaired) electrons. The molecule has 3 rings (SSSR count). The van der Waals surface area contributed by atoms with Gasteiger partial charge in [-0.25, -0.2) is 0 Å². The number of carbonyl (C=O) groups is 2. The number of ether oxygens (including phenoxy) is 2. The number of methoxy groups -OCH3 is 1. The van der Waals surface area contributed by atoms with Gasteiger partial charge in [0.2, 0.25) is 0 Å². The van der Waals surface area contributed by atoms with Crippen LogP contribution in [-0.2, 0) is 9.59 Å². The lowest BCUT2D eigenvalue weighted by Crippen LogP contribution is -2.38. The molecule has 0 aromatic heterocycles. The van der Waals surface area contributed by atoms with Crippen LogP contribution in [0.25, 0.3) is 5.76 Å². The maximum Gasteiger partial charge on any atom is 0.295 e. The number of Topliss-reactive ketones (excluding diaryl/α,β-unsaturated/α-hetero) is 1. The van der Waals surface area contributed by atoms with E-state index in [0.717, 1.165) is 36.4 Å². The summed E-state index contributed by atoms with van der Waals surface area (Å²) in [5, 5.41) is 11.3. The molecule has 1 aliphatic rings. The van der Waals surface area contributed by atoms with E-state index in [1.165, 1.54) is 0 Å². The minimum absolute atomic E-state index is 0.102. The summed E-state index contributed by atoms with van der Waals surface area (Å²) in [7, 11) is 1.57. The molecule has 1 aliphatic heterocycles. The van der Waals surface area contributed by atoms with Gasteiger partial charge < -0.3 is 24.4 Å². The van der Waals surface area contributed by atoms with Crippen LogP contribution in [0.15, 0.2) is 48.0 Å². The fraction of sp³-hybridized carbons (Fsp3) is 0.429. The van der Waals surface area contributed by atoms with Crippen molar-refractivity contribution in [3.63, 3.8) is 0 Å². The van der Waals surface area contributed by atoms with Crippen molar-refractivity contribution < 1.29 is 24.2 Å². The van der Waals surface area contributed by atoms with Gasteiger partial charge in [-0.2, -0.15) is 0 Å². The first-order valence-electron chi connectivity index (χ1n) is 12.2. The van der Waals surface area contributed by atoms with E-state index in [1.807, 2.05) is 38.1 Å². The van der Waals surface area contributed by atoms with Crippen LogP contribution in [-0.4, -0.2) is 66.5 Å². The lowest BCUT2D eigenvalue weighted by molar-refractivity contribution is -0.140. The van der Waals surface area contributed by atoms with Gasteiger partial charge in [0.15, 0.2) is 0 Å². The molecule has 1 amide bonds. The van der Waals surface area contributed by atoms with Gasteiger partial charge >= 0.3 is 0 Å². The predicted molar refractivity (Wildman–Crippen MR) is 137 cm³/mol. The molecule has 1 saturated heterocycles. The van der Waals surface area contributed by atoms with Crippen molar-refractivity contribution in [2.24, 2.45) is 0 Å². The molecule has 0 bridgehead atoms. The van der Waals surface area contributed by atoms with Crippen molar-refractivity contribution in [1.82, 2.24) is 9.80 Å². The number of hydrogen-bond donors (Lipinski definition) is 1. The number of nitrogens with zero attached hydrogens (tertiary/aromatic N) is 2. The predicted octanol–water partition coefficient (Wildman–Crippen LogP) is 4.56. The van der Waals surface area contributed by atoms with Crippen LogP contribution in [0.5, 0.6) is 11.5 Å². The fourth-order valence-corrected chi connectivity index (χ4v) is 4.39. The van der Waals surface area contributed by atoms with Gasteiger partial charge in [-0.05, 0) is 67.9 Å². The Morgan fingerprint density at radius 3 is 2.26 bits per heavy atom. The number of benzene rings is 2. The van der Waals surface area contributed by atoms with Gasteiger partial charge in [0, 0.05) is 18.7 Å². The Morgan fingerprint density at radius 1 is 1.03 bits per heavy atom. The van der Waals surface area contributed by atoms with Crippen molar-refractivity contribution in [3.8, 4) is 11.5 Å². The monoisotopic (exact) mass is 480 g/mol. The second-order valence-corrected chi connectivity index (χ2v) is 8.62. The van der Waals surface area contributed by atoms with E-state index in [4.69, 9.17) is 9.47 Å². The van der Waals surface area contributed by atoms with Crippen LogP contribution in [0.2, 0.25) is 0 Å². The molecule has 2 aromatic carbocycles. The lowest BCUT2D eigenvalue weighted by atomic mass is 9.94. The van der Waals surface area contributed by atoms with Crippen molar-refractivity contribution in [1.29, 1.82) is 0 Å². The van der Waals surface area contributed by atoms with Gasteiger partial charge in [-0.1, -0.05) is 32.9 Å². The van der Waals surface area contributed by atoms with E-state index < -0.39 is 17.7 Å². The van der Waals surface area contributed by atoms with E-state index in [9.17, 15) is 14.7 Å². The first-order chi connectivity index (χ1) is 16.9. The number of likely N-dealkylation sites (N-methyl/N-ethyl adjacent to an activating group) is 1. The smallest absolute Gasteiger partial charge is 0.295 e. The van der Waals surface area contributed by atoms with Gasteiger partial charge in [-0.15, -0.1) is 0 Å². The number of hydrogen-bond acceptors (Lipinski definition) is 6. The van der Waals surface area contributed by atoms with E-state index in [0.29, 0.717) is 31.0 Å². The molecule has 188 valence electrons. The molecule has 0 spiro atoms. The molecule has 2 aromatic rings. The summed E-state index contributed by atoms with van der Waals surface area (Å²) in [6.07, 6.45) is 0.897. The Bertz CT molecular complexity index is 1070. The molecule has 7 heteroatoms. The molecule has 0 saturated carbocycles. The molecule has 0 aliphatic carbocycles. The third-order valence-electron chi connectivity index (χ3n) is 6.45. The quantitative estimate of drug-likeness (QED) is 0.289. The summed E-state index contributed by atoms with van der Waals surface area (Å²) in [5.41, 5.74) is 2.10. The first-order valence-corrected chi connectivity index (χ1v) is 12.2. The normalized spacial score (nSPS) is 17.3. The van der Waals surface area contributed by atoms with Gasteiger partial charge in [0.05, 0.1) is 25.3 Å². The van der Waals surface area contributed by atoms with Crippen molar-refractivity contribution >= 4 is 17.4 Å². The molecule has 35 heavy (non-hydrogen) atoms. The standard InChI is InChI=1S/C28H36N2O5/c1-6-17-35-21-11-9-20(10-12-21)25-24(26(31)23-14-13-22(34-5)18-19(23)4)27(32)28(33)30(25)16-15-29(7-2)8-3/h9-14,18,25,31H,6-8,15-17H2,1-5H3/b26-24+. The summed E-state index contributed by atoms with van der Waals surface area (Å²) in [6.45, 7) is 11.3. The maximum atomic E-state index is 13.3. The molecule has 1 N–H and O–H groups in total. The van der Waals surface area contributed by atoms with Crippen molar-refractivity contribution in [3.05, 3.63) is 64.7 Å². The number of rotatable bonds is 11. The van der Waals surface area contributed by atoms with E-state index in [1.54, 1.807) is 30.2 Å². The molecule has 1 fully saturated rings. The number of likely N-dealkylation sites (tertiary alicyclic amines) is 1. The number of amides is 1. The summed E-state index contributed by atoms with van der Waals surface area (Å²) in [6, 6.07) is 12.0. The molecular weight excluding hydrogens is 444 g/mol. The highest BCUT2D eigenvalue weighted by atomic mass is 16.5. The SMILES string of the molecule is CCCOc1ccc(C2/C(=C(\O)c3ccc(OC)cc3C)C(=O)C(=O)N2CCN(CC)CC)cc1. The Kier molecular flexibility index (Phi) is 8.93. The summed E-state index contributed by atoms with van der Waals surface area (Å²) >= 11 is 0. The van der Waals surface area contributed by atoms with Crippen LogP contribution in [0.3, 0.4) is 0 Å². The third kappa shape index (κ3) is 5.68. The Balaban J connectivity index is 2.08. The minimum atomic E-state index is -0.688. The number of aliphatic hydroxyl groups excluding tert-OH is 1. The minimum Gasteiger partial charge on any atom is -0.507 e. The zero-order valence-corrected chi connectivity index (χ0v) is 21.3. The van der Waals surface area contributed by atoms with Crippen LogP contribution < -0.4 is 9.47 Å². The van der Waals surface area contributed by atoms with E-state index >= 15 is 0 Å². The van der Waals surface area contributed by atoms with Gasteiger partial charge in [0.1, 0.15) is 17.3 Å². The summed E-state index contributed by atoms with van der Waals surface area (Å²) < 4.78 is 11.0. The average Bonchev–Trinajstić information content (AvgIpc) is 3.12. The number of aryl methyl sites for hydroxylation is 1. The van der Waals surface area contributed by atoms with Crippen LogP contribution >= 0.6 is 0 Å². The van der Waals surface area contributed by atoms with Gasteiger partial charge in [-0.3, -0.25) is 9.59 Å². The number of aliphatic hydroxyl groups is 1. The summed E-state index contributed by atoms with van der Waals surface area (Å²) in [4.78, 5) is 30.2. The first kappa shape index (κ1) is 26.3. The zero-order valence-electron chi connectivity index (χ0n) is 21.3. The topological polar surface area (TPSA) is 79.3 Å². The number of ketones is 1. The largest absolute Gasteiger partial charge is 0.507 e. The second-order valence-electron chi connectivity index (χ2n) is 8.62. The van der Waals surface area contributed by atoms with Crippen molar-refractivity contribution in [2.45, 2.75) is 40.2 Å². The van der Waals surface area contributed by atoms with E-state index in [-0.39, 0.29) is 11.3 Å². The molecule has 1 heterocycles. The third-order valence-corrected chi connectivity index (χ3v) is 6.45. The number of carbonyl (C=O) groups excluding carboxylic acids is 2. The fourth-order valence-electron chi connectivity index (χ4n) is 4.39. The van der Waals surface area contributed by atoms with Crippen LogP contribution in [0.1, 0.15) is 49.9 Å². The van der Waals surface area contributed by atoms with Crippen LogP contribution in [0, 0.1) is 6.92 Å². The molecule has 7 nitrogen and oxygen atoms in total. The Hall–Kier alpha value is -3.32. The zero-order chi connectivity index (χ0) is 25.5. The van der Waals surface area contributed by atoms with Crippen molar-refractivity contribution in [2.75, 3.05) is 39.9 Å². The second kappa shape index (κ2) is 11.9.